The van der Waals surface area contributed by atoms with Crippen LogP contribution in [0, 0.1) is 0 Å². The third-order valence-electron chi connectivity index (χ3n) is 13.1. The van der Waals surface area contributed by atoms with Crippen molar-refractivity contribution in [3.63, 3.8) is 0 Å². The highest BCUT2D eigenvalue weighted by molar-refractivity contribution is 8.07. The number of anilines is 2. The molecule has 84 heavy (non-hydrogen) atoms. The molecule has 4 saturated heterocycles. The van der Waals surface area contributed by atoms with E-state index in [1.54, 1.807) is 13.8 Å². The summed E-state index contributed by atoms with van der Waals surface area (Å²) in [6, 6.07) is 5.09. The second-order valence-electron chi connectivity index (χ2n) is 18.3. The van der Waals surface area contributed by atoms with Crippen molar-refractivity contribution in [3.05, 3.63) is 112 Å². The van der Waals surface area contributed by atoms with Gasteiger partial charge in [-0.3, -0.25) is 60.4 Å². The van der Waals surface area contributed by atoms with Gasteiger partial charge in [0.2, 0.25) is 0 Å². The van der Waals surface area contributed by atoms with Gasteiger partial charge in [-0.05, 0) is 49.6 Å². The number of aromatic amines is 2. The molecule has 4 fully saturated rings. The number of nitrogens with zero attached hydrogens (tertiary/aromatic N) is 6. The van der Waals surface area contributed by atoms with Crippen molar-refractivity contribution in [1.82, 2.24) is 38.2 Å². The average molecular weight is 1280 g/mol. The molecule has 4 aliphatic heterocycles. The Labute approximate surface area is 480 Å². The molecule has 8 heterocycles. The lowest BCUT2D eigenvalue weighted by Gasteiger charge is -2.23. The van der Waals surface area contributed by atoms with Gasteiger partial charge in [-0.25, -0.2) is 28.3 Å². The number of nitrogens with two attached hydrogens (primary N) is 2. The van der Waals surface area contributed by atoms with Gasteiger partial charge in [0.25, 0.3) is 11.1 Å². The maximum atomic E-state index is 11.9. The van der Waals surface area contributed by atoms with Crippen LogP contribution in [-0.4, -0.2) is 175 Å². The molecule has 4 aliphatic rings. The highest BCUT2D eigenvalue weighted by Gasteiger charge is 2.51. The number of aliphatic hydroxyl groups is 4. The molecule has 472 valence electrons. The number of phosphoric ester groups is 2. The predicted molar refractivity (Wildman–Crippen MR) is 292 cm³/mol. The van der Waals surface area contributed by atoms with Gasteiger partial charge in [0, 0.05) is 65.4 Å². The Morgan fingerprint density at radius 3 is 1.08 bits per heavy atom. The van der Waals surface area contributed by atoms with Crippen molar-refractivity contribution < 1.29 is 95.1 Å². The lowest BCUT2D eigenvalue weighted by atomic mass is 10.1. The van der Waals surface area contributed by atoms with Crippen LogP contribution >= 0.6 is 22.4 Å². The first-order chi connectivity index (χ1) is 39.4. The number of H-pyrrole nitrogens is 2. The molecule has 7 unspecified atom stereocenters. The second-order valence-corrected chi connectivity index (χ2v) is 24.3. The van der Waals surface area contributed by atoms with E-state index in [9.17, 15) is 73.0 Å². The SMILES string of the molecule is CC[C@H]1O[C@@H](n2ccc(=O)[nH]c2=O)C(O)[C@H]1OC.CC[C@H]1O[C@@H](n2ccc(=O)[nH]c2=O)C(O)[C@H]1OP(=O)(O)OC.CC[C@H]1O[C@@H](n2ccc(N)nc2=O)C(O)[C@H]1OP(=O)(O)OC.CC[C@H]1O[C@@H](n2ccc(N)nc2=O)C(O)[C@H]1OP(O)(=S)OC. The molecule has 40 heteroatoms. The first-order valence-electron chi connectivity index (χ1n) is 25.3. The lowest BCUT2D eigenvalue weighted by Crippen LogP contribution is -2.38. The van der Waals surface area contributed by atoms with Crippen molar-refractivity contribution in [2.24, 2.45) is 0 Å². The van der Waals surface area contributed by atoms with Crippen LogP contribution in [0.2, 0.25) is 0 Å². The summed E-state index contributed by atoms with van der Waals surface area (Å²) in [4.78, 5) is 109. The largest absolute Gasteiger partial charge is 0.472 e. The molecule has 36 nitrogen and oxygen atoms in total. The third kappa shape index (κ3) is 17.2. The van der Waals surface area contributed by atoms with Crippen LogP contribution in [0.4, 0.5) is 11.6 Å². The predicted octanol–water partition coefficient (Wildman–Crippen LogP) is -2.08. The summed E-state index contributed by atoms with van der Waals surface area (Å²) >= 11 is 4.79. The molecule has 0 radical (unpaired) electrons. The Kier molecular flexibility index (Phi) is 25.1. The number of hydrogen-bond donors (Lipinski definition) is 11. The van der Waals surface area contributed by atoms with Crippen molar-refractivity contribution in [2.75, 3.05) is 39.9 Å². The first kappa shape index (κ1) is 69.9. The first-order valence-corrected chi connectivity index (χ1v) is 30.9. The fourth-order valence-corrected chi connectivity index (χ4v) is 11.1. The number of aromatic nitrogens is 8. The van der Waals surface area contributed by atoms with Gasteiger partial charge in [0.05, 0.1) is 24.4 Å². The van der Waals surface area contributed by atoms with E-state index < -0.39 is 148 Å². The zero-order chi connectivity index (χ0) is 62.8. The zero-order valence-electron chi connectivity index (χ0n) is 46.2. The zero-order valence-corrected chi connectivity index (χ0v) is 49.7. The summed E-state index contributed by atoms with van der Waals surface area (Å²) in [6.45, 7) is 3.71. The van der Waals surface area contributed by atoms with Gasteiger partial charge in [-0.2, -0.15) is 9.97 Å². The molecule has 13 N–H and O–H groups in total. The van der Waals surface area contributed by atoms with E-state index in [1.165, 1.54) is 57.2 Å². The molecule has 4 aromatic heterocycles. The van der Waals surface area contributed by atoms with E-state index in [0.29, 0.717) is 25.7 Å². The fraction of sp³-hybridized carbons (Fsp3) is 0.636. The van der Waals surface area contributed by atoms with Crippen LogP contribution < -0.4 is 45.3 Å². The molecular weight excluding hydrogens is 1210 g/mol. The summed E-state index contributed by atoms with van der Waals surface area (Å²) in [5.74, 6) is 0.103. The standard InChI is InChI=1S/C11H18N3O7P.C11H18N3O6PS.C11H17N2O8P.C11H16N2O5/c1-3-6-9(21-22(17,18)19-2)8(15)10(20-6)14-5-4-7(12)13-11(14)16;1-3-6-9(20-21(17,22)18-2)8(15)10(19-6)14-5-4-7(12)13-11(14)16;1-3-6-9(21-22(17,18)19-2)8(15)10(20-6)13-5-4-7(14)12-11(13)16;1-3-6-9(17-2)8(15)10(18-6)13-5-4-7(14)12-11(13)16/h4-6,8-10,15H,3H2,1-2H3,(H,17,18)(H2,12,13,16);4-6,8-10,15H,3H2,1-2H3,(H,17,22)(H2,12,13,16);4-6,8-10,15H,3H2,1-2H3,(H,17,18)(H,12,14,16);4-6,8-10,15H,3H2,1-2H3,(H,12,14,16)/t6-,8?,9+,10-;6-,8?,9+,10-,21?;2*6-,8?,9+,10-/m1111/s1. The van der Waals surface area contributed by atoms with Crippen molar-refractivity contribution in [1.29, 1.82) is 0 Å². The summed E-state index contributed by atoms with van der Waals surface area (Å²) in [5, 5.41) is 41.1. The highest BCUT2D eigenvalue weighted by Crippen LogP contribution is 2.50. The van der Waals surface area contributed by atoms with Gasteiger partial charge in [0.1, 0.15) is 60.5 Å². The van der Waals surface area contributed by atoms with E-state index in [-0.39, 0.29) is 17.7 Å². The molecule has 0 bridgehead atoms. The minimum atomic E-state index is -4.33. The van der Waals surface area contributed by atoms with Crippen LogP contribution in [0.25, 0.3) is 0 Å². The molecule has 0 aliphatic carbocycles. The summed E-state index contributed by atoms with van der Waals surface area (Å²) in [7, 11) is -3.94. The smallest absolute Gasteiger partial charge is 0.386 e. The number of rotatable bonds is 18. The molecule has 0 amide bonds. The maximum Gasteiger partial charge on any atom is 0.472 e. The number of nitrogen functional groups attached to an aromatic ring is 2. The van der Waals surface area contributed by atoms with Crippen LogP contribution in [0.1, 0.15) is 78.3 Å². The Morgan fingerprint density at radius 1 is 0.512 bits per heavy atom. The van der Waals surface area contributed by atoms with Crippen molar-refractivity contribution >= 4 is 45.8 Å². The van der Waals surface area contributed by atoms with Crippen LogP contribution in [0.5, 0.6) is 0 Å². The molecule has 0 spiro atoms. The fourth-order valence-electron chi connectivity index (χ4n) is 8.88. The summed E-state index contributed by atoms with van der Waals surface area (Å²) < 4.78 is 83.4. The number of ether oxygens (including phenoxy) is 5. The van der Waals surface area contributed by atoms with E-state index in [4.69, 9.17) is 65.1 Å². The topological polar surface area (TPSA) is 509 Å². The minimum absolute atomic E-state index is 0.0350. The number of nitrogens with one attached hydrogen (secondary N) is 2. The maximum absolute atomic E-state index is 11.9. The molecule has 4 aromatic rings. The van der Waals surface area contributed by atoms with Gasteiger partial charge < -0.3 is 74.8 Å². The minimum Gasteiger partial charge on any atom is -0.386 e. The van der Waals surface area contributed by atoms with E-state index >= 15 is 0 Å². The highest BCUT2D eigenvalue weighted by atomic mass is 32.5. The van der Waals surface area contributed by atoms with E-state index in [0.717, 1.165) is 38.6 Å². The number of hydrogen-bond acceptors (Lipinski definition) is 28. The molecule has 0 saturated carbocycles. The summed E-state index contributed by atoms with van der Waals surface area (Å²) in [6.07, 6.45) is -7.96. The van der Waals surface area contributed by atoms with Crippen LogP contribution in [-0.2, 0) is 71.8 Å². The average Bonchev–Trinajstić information content (AvgIpc) is 2.65. The Balaban J connectivity index is 0.000000205. The quantitative estimate of drug-likeness (QED) is 0.0477. The molecule has 8 rings (SSSR count). The van der Waals surface area contributed by atoms with Gasteiger partial charge in [0.15, 0.2) is 24.9 Å². The lowest BCUT2D eigenvalue weighted by molar-refractivity contribution is -0.0405. The Bertz CT molecular complexity index is 3240. The van der Waals surface area contributed by atoms with Gasteiger partial charge in [-0.1, -0.05) is 27.7 Å². The molecular formula is C44H69N10O26P3S. The monoisotopic (exact) mass is 1280 g/mol. The normalized spacial score (nSPS) is 31.2. The number of phosphoric acid groups is 2. The molecule has 19 atom stereocenters. The van der Waals surface area contributed by atoms with Crippen molar-refractivity contribution in [3.8, 4) is 0 Å². The molecule has 0 aromatic carbocycles. The third-order valence-corrected chi connectivity index (χ3v) is 16.7. The van der Waals surface area contributed by atoms with Crippen molar-refractivity contribution in [2.45, 2.75) is 152 Å². The van der Waals surface area contributed by atoms with Crippen LogP contribution in [0.15, 0.2) is 77.8 Å². The number of aliphatic hydroxyl groups excluding tert-OH is 4. The van der Waals surface area contributed by atoms with Crippen LogP contribution in [0.3, 0.4) is 0 Å². The Hall–Kier alpha value is -4.89. The van der Waals surface area contributed by atoms with Gasteiger partial charge >= 0.3 is 45.1 Å². The summed E-state index contributed by atoms with van der Waals surface area (Å²) in [5.41, 5.74) is 7.01. The van der Waals surface area contributed by atoms with E-state index in [2.05, 4.69) is 24.0 Å². The second kappa shape index (κ2) is 30.2. The Morgan fingerprint density at radius 2 is 0.810 bits per heavy atom. The van der Waals surface area contributed by atoms with Gasteiger partial charge in [-0.15, -0.1) is 0 Å². The number of methoxy groups -OCH3 is 1. The van der Waals surface area contributed by atoms with E-state index in [1.807, 2.05) is 18.8 Å².